The Hall–Kier alpha value is -1.22. The first kappa shape index (κ1) is 13.7. The molecule has 1 aliphatic carbocycles. The van der Waals surface area contributed by atoms with Crippen LogP contribution in [0.4, 0.5) is 4.39 Å². The number of rotatable bonds is 3. The van der Waals surface area contributed by atoms with Crippen molar-refractivity contribution < 1.29 is 9.18 Å². The molecule has 1 aromatic rings. The summed E-state index contributed by atoms with van der Waals surface area (Å²) < 4.78 is 13.0. The summed E-state index contributed by atoms with van der Waals surface area (Å²) in [6.45, 7) is 4.15. The normalized spacial score (nSPS) is 22.0. The van der Waals surface area contributed by atoms with Gasteiger partial charge in [-0.15, -0.1) is 0 Å². The van der Waals surface area contributed by atoms with Gasteiger partial charge in [-0.1, -0.05) is 18.2 Å². The minimum absolute atomic E-state index is 0.290. The lowest BCUT2D eigenvalue weighted by molar-refractivity contribution is 0.0994. The second-order valence-electron chi connectivity index (χ2n) is 6.20. The maximum Gasteiger partial charge on any atom is 0.163 e. The Kier molecular flexibility index (Phi) is 3.88. The van der Waals surface area contributed by atoms with E-state index < -0.39 is 6.17 Å². The first-order valence-electron chi connectivity index (χ1n) is 7.66. The van der Waals surface area contributed by atoms with E-state index >= 15 is 0 Å². The monoisotopic (exact) mass is 275 g/mol. The van der Waals surface area contributed by atoms with Crippen molar-refractivity contribution in [3.05, 3.63) is 34.9 Å². The number of carbonyl (C=O) groups is 1. The van der Waals surface area contributed by atoms with Crippen LogP contribution < -0.4 is 0 Å². The molecule has 1 aliphatic heterocycles. The predicted octanol–water partition coefficient (Wildman–Crippen LogP) is 3.35. The van der Waals surface area contributed by atoms with E-state index in [2.05, 4.69) is 17.0 Å². The molecule has 1 fully saturated rings. The van der Waals surface area contributed by atoms with Gasteiger partial charge < -0.3 is 4.90 Å². The summed E-state index contributed by atoms with van der Waals surface area (Å²) in [5, 5.41) is 0. The molecule has 3 rings (SSSR count). The number of likely N-dealkylation sites (tertiary alicyclic amines) is 1. The van der Waals surface area contributed by atoms with Crippen LogP contribution >= 0.6 is 0 Å². The van der Waals surface area contributed by atoms with Crippen molar-refractivity contribution in [1.29, 1.82) is 0 Å². The Morgan fingerprint density at radius 2 is 2.05 bits per heavy atom. The van der Waals surface area contributed by atoms with Gasteiger partial charge in [0.05, 0.1) is 0 Å². The number of fused-ring (bicyclic) bond motifs is 1. The van der Waals surface area contributed by atoms with Gasteiger partial charge in [-0.2, -0.15) is 0 Å². The summed E-state index contributed by atoms with van der Waals surface area (Å²) in [4.78, 5) is 13.9. The molecule has 0 spiro atoms. The molecule has 2 nitrogen and oxygen atoms in total. The molecule has 0 aromatic heterocycles. The van der Waals surface area contributed by atoms with Gasteiger partial charge in [0.2, 0.25) is 0 Å². The van der Waals surface area contributed by atoms with Crippen molar-refractivity contribution in [1.82, 2.24) is 4.90 Å². The molecule has 0 saturated carbocycles. The quantitative estimate of drug-likeness (QED) is 0.843. The smallest absolute Gasteiger partial charge is 0.163 e. The van der Waals surface area contributed by atoms with E-state index in [1.807, 2.05) is 6.07 Å². The number of piperidine rings is 1. The van der Waals surface area contributed by atoms with Gasteiger partial charge in [-0.25, -0.2) is 4.39 Å². The van der Waals surface area contributed by atoms with E-state index in [1.165, 1.54) is 11.1 Å². The summed E-state index contributed by atoms with van der Waals surface area (Å²) >= 11 is 0. The number of hydrogen-bond acceptors (Lipinski definition) is 2. The number of aryl methyl sites for hydroxylation is 1. The molecule has 0 amide bonds. The topological polar surface area (TPSA) is 20.3 Å². The third kappa shape index (κ3) is 2.78. The van der Waals surface area contributed by atoms with Gasteiger partial charge in [0.15, 0.2) is 5.78 Å². The average molecular weight is 275 g/mol. The van der Waals surface area contributed by atoms with E-state index in [4.69, 9.17) is 0 Å². The molecule has 108 valence electrons. The highest BCUT2D eigenvalue weighted by Crippen LogP contribution is 2.31. The predicted molar refractivity (Wildman–Crippen MR) is 78.1 cm³/mol. The molecule has 2 aliphatic rings. The molecular formula is C17H22FNO. The van der Waals surface area contributed by atoms with Gasteiger partial charge >= 0.3 is 0 Å². The van der Waals surface area contributed by atoms with Crippen molar-refractivity contribution in [2.45, 2.75) is 44.7 Å². The highest BCUT2D eigenvalue weighted by atomic mass is 19.1. The second kappa shape index (κ2) is 5.65. The largest absolute Gasteiger partial charge is 0.300 e. The average Bonchev–Trinajstić information content (AvgIpc) is 2.80. The Morgan fingerprint density at radius 3 is 2.75 bits per heavy atom. The van der Waals surface area contributed by atoms with Crippen LogP contribution in [-0.4, -0.2) is 36.5 Å². The minimum atomic E-state index is -0.738. The van der Waals surface area contributed by atoms with Crippen molar-refractivity contribution in [3.63, 3.8) is 0 Å². The van der Waals surface area contributed by atoms with Gasteiger partial charge in [0.1, 0.15) is 6.17 Å². The Morgan fingerprint density at radius 1 is 1.30 bits per heavy atom. The lowest BCUT2D eigenvalue weighted by atomic mass is 9.88. The van der Waals surface area contributed by atoms with Crippen molar-refractivity contribution in [2.24, 2.45) is 0 Å². The Labute approximate surface area is 120 Å². The van der Waals surface area contributed by atoms with Crippen LogP contribution in [0.5, 0.6) is 0 Å². The molecular weight excluding hydrogens is 253 g/mol. The number of halogens is 1. The number of hydrogen-bond donors (Lipinski definition) is 0. The molecule has 0 bridgehead atoms. The maximum atomic E-state index is 13.0. The summed E-state index contributed by atoms with van der Waals surface area (Å²) in [7, 11) is 0. The standard InChI is InChI=1S/C17H22FNO/c1-12(18)11-19-8-6-13(7-9-19)14-2-4-16-15(10-14)3-5-17(16)20/h2,4,10,12-13H,3,5-9,11H2,1H3. The van der Waals surface area contributed by atoms with Gasteiger partial charge in [-0.05, 0) is 56.3 Å². The number of Topliss-reactive ketones (excluding diaryl/α,β-unsaturated/α-hetero) is 1. The van der Waals surface area contributed by atoms with E-state index in [1.54, 1.807) is 6.92 Å². The van der Waals surface area contributed by atoms with Gasteiger partial charge in [0.25, 0.3) is 0 Å². The van der Waals surface area contributed by atoms with Crippen LogP contribution in [0, 0.1) is 0 Å². The van der Waals surface area contributed by atoms with Crippen LogP contribution in [0.1, 0.15) is 53.6 Å². The molecule has 1 aromatic carbocycles. The maximum absolute atomic E-state index is 13.0. The lowest BCUT2D eigenvalue weighted by Crippen LogP contribution is -2.36. The second-order valence-corrected chi connectivity index (χ2v) is 6.20. The number of alkyl halides is 1. The molecule has 0 N–H and O–H groups in total. The van der Waals surface area contributed by atoms with Crippen LogP contribution in [0.3, 0.4) is 0 Å². The molecule has 0 radical (unpaired) electrons. The number of ketones is 1. The van der Waals surface area contributed by atoms with E-state index in [0.717, 1.165) is 37.9 Å². The summed E-state index contributed by atoms with van der Waals surface area (Å²) in [6.07, 6.45) is 3.03. The first-order chi connectivity index (χ1) is 9.63. The Bertz CT molecular complexity index is 504. The fourth-order valence-electron chi connectivity index (χ4n) is 3.53. The van der Waals surface area contributed by atoms with Crippen LogP contribution in [0.15, 0.2) is 18.2 Å². The summed E-state index contributed by atoms with van der Waals surface area (Å²) in [5.41, 5.74) is 3.52. The summed E-state index contributed by atoms with van der Waals surface area (Å²) in [6, 6.07) is 6.37. The minimum Gasteiger partial charge on any atom is -0.300 e. The molecule has 1 atom stereocenters. The number of benzene rings is 1. The summed E-state index contributed by atoms with van der Waals surface area (Å²) in [5.74, 6) is 0.862. The van der Waals surface area contributed by atoms with Crippen molar-refractivity contribution in [3.8, 4) is 0 Å². The van der Waals surface area contributed by atoms with Crippen LogP contribution in [-0.2, 0) is 6.42 Å². The molecule has 20 heavy (non-hydrogen) atoms. The molecule has 1 saturated heterocycles. The zero-order valence-electron chi connectivity index (χ0n) is 12.1. The SMILES string of the molecule is CC(F)CN1CCC(c2ccc3c(c2)CCC3=O)CC1. The first-order valence-corrected chi connectivity index (χ1v) is 7.66. The Balaban J connectivity index is 1.65. The fourth-order valence-corrected chi connectivity index (χ4v) is 3.53. The highest BCUT2D eigenvalue weighted by molar-refractivity contribution is 6.00. The highest BCUT2D eigenvalue weighted by Gasteiger charge is 2.24. The van der Waals surface area contributed by atoms with Crippen LogP contribution in [0.2, 0.25) is 0 Å². The van der Waals surface area contributed by atoms with Crippen LogP contribution in [0.25, 0.3) is 0 Å². The zero-order valence-corrected chi connectivity index (χ0v) is 12.1. The van der Waals surface area contributed by atoms with Crippen molar-refractivity contribution >= 4 is 5.78 Å². The zero-order chi connectivity index (χ0) is 14.1. The molecule has 3 heteroatoms. The number of nitrogens with zero attached hydrogens (tertiary/aromatic N) is 1. The molecule has 1 unspecified atom stereocenters. The lowest BCUT2D eigenvalue weighted by Gasteiger charge is -2.32. The number of carbonyl (C=O) groups excluding carboxylic acids is 1. The van der Waals surface area contributed by atoms with Gasteiger partial charge in [0, 0.05) is 18.5 Å². The third-order valence-electron chi connectivity index (χ3n) is 4.62. The fraction of sp³-hybridized carbons (Fsp3) is 0.588. The van der Waals surface area contributed by atoms with Gasteiger partial charge in [-0.3, -0.25) is 4.79 Å². The van der Waals surface area contributed by atoms with E-state index in [-0.39, 0.29) is 0 Å². The van der Waals surface area contributed by atoms with E-state index in [0.29, 0.717) is 24.7 Å². The van der Waals surface area contributed by atoms with E-state index in [9.17, 15) is 9.18 Å². The third-order valence-corrected chi connectivity index (χ3v) is 4.62. The van der Waals surface area contributed by atoms with Crippen molar-refractivity contribution in [2.75, 3.05) is 19.6 Å². The molecule has 1 heterocycles.